The van der Waals surface area contributed by atoms with E-state index in [-0.39, 0.29) is 0 Å². The van der Waals surface area contributed by atoms with Crippen LogP contribution in [0.3, 0.4) is 0 Å². The van der Waals surface area contributed by atoms with Gasteiger partial charge in [-0.25, -0.2) is 0 Å². The van der Waals surface area contributed by atoms with Crippen LogP contribution in [0, 0.1) is 0 Å². The zero-order valence-corrected chi connectivity index (χ0v) is 23.6. The van der Waals surface area contributed by atoms with Crippen molar-refractivity contribution >= 4 is 45.0 Å². The lowest BCUT2D eigenvalue weighted by molar-refractivity contribution is 0.856. The van der Waals surface area contributed by atoms with Gasteiger partial charge in [-0.05, 0) is 98.3 Å². The first-order valence-electron chi connectivity index (χ1n) is 14.8. The minimum atomic E-state index is 0.407. The molecular formula is C40H35N. The number of nitrogens with one attached hydrogen (secondary N) is 1. The Morgan fingerprint density at radius 2 is 1.59 bits per heavy atom. The number of benzene rings is 5. The Morgan fingerprint density at radius 1 is 0.780 bits per heavy atom. The zero-order valence-electron chi connectivity index (χ0n) is 23.6. The number of aryl methyl sites for hydroxylation is 1. The summed E-state index contributed by atoms with van der Waals surface area (Å²) in [6.45, 7) is 0. The summed E-state index contributed by atoms with van der Waals surface area (Å²) >= 11 is 0. The van der Waals surface area contributed by atoms with Crippen LogP contribution in [0.25, 0.3) is 39.3 Å². The molecule has 5 aromatic carbocycles. The van der Waals surface area contributed by atoms with Crippen molar-refractivity contribution in [1.82, 2.24) is 0 Å². The van der Waals surface area contributed by atoms with Gasteiger partial charge >= 0.3 is 0 Å². The van der Waals surface area contributed by atoms with E-state index in [9.17, 15) is 0 Å². The smallest absolute Gasteiger partial charge is 0.0382 e. The van der Waals surface area contributed by atoms with Crippen molar-refractivity contribution in [2.24, 2.45) is 0 Å². The van der Waals surface area contributed by atoms with E-state index >= 15 is 0 Å². The molecule has 1 heteroatoms. The molecule has 0 bridgehead atoms. The van der Waals surface area contributed by atoms with Gasteiger partial charge in [0.2, 0.25) is 0 Å². The molecule has 0 radical (unpaired) electrons. The molecule has 0 aromatic heterocycles. The summed E-state index contributed by atoms with van der Waals surface area (Å²) in [6.07, 6.45) is 20.0. The first kappa shape index (κ1) is 25.4. The van der Waals surface area contributed by atoms with Crippen molar-refractivity contribution in [3.05, 3.63) is 155 Å². The summed E-state index contributed by atoms with van der Waals surface area (Å²) in [5.74, 6) is 0.407. The summed E-state index contributed by atoms with van der Waals surface area (Å²) in [7, 11) is 2.05. The largest absolute Gasteiger partial charge is 0.388 e. The number of anilines is 1. The van der Waals surface area contributed by atoms with Gasteiger partial charge in [0.25, 0.3) is 0 Å². The quantitative estimate of drug-likeness (QED) is 0.216. The van der Waals surface area contributed by atoms with Crippen LogP contribution in [-0.2, 0) is 12.8 Å². The van der Waals surface area contributed by atoms with E-state index in [1.165, 1.54) is 66.2 Å². The summed E-state index contributed by atoms with van der Waals surface area (Å²) in [5, 5.41) is 8.96. The van der Waals surface area contributed by atoms with E-state index in [1.54, 1.807) is 0 Å². The topological polar surface area (TPSA) is 12.0 Å². The predicted octanol–water partition coefficient (Wildman–Crippen LogP) is 10.4. The van der Waals surface area contributed by atoms with Gasteiger partial charge in [-0.3, -0.25) is 0 Å². The normalized spacial score (nSPS) is 16.3. The monoisotopic (exact) mass is 529 g/mol. The van der Waals surface area contributed by atoms with E-state index in [0.717, 1.165) is 25.7 Å². The third kappa shape index (κ3) is 4.93. The molecule has 0 saturated carbocycles. The van der Waals surface area contributed by atoms with Crippen LogP contribution in [0.1, 0.15) is 52.1 Å². The maximum absolute atomic E-state index is 3.51. The number of allylic oxidation sites excluding steroid dienone is 6. The Kier molecular flexibility index (Phi) is 6.86. The summed E-state index contributed by atoms with van der Waals surface area (Å²) < 4.78 is 0. The maximum atomic E-state index is 3.51. The molecule has 0 amide bonds. The van der Waals surface area contributed by atoms with Crippen LogP contribution >= 0.6 is 0 Å². The first-order valence-corrected chi connectivity index (χ1v) is 14.8. The van der Waals surface area contributed by atoms with Gasteiger partial charge in [0.15, 0.2) is 0 Å². The standard InChI is InChI=1S/C40H35N/c1-41-40-27-39-34-18-9-8-17-33(34)37-25-32(23-24-35(37)38(39)26-36(40)31-15-6-3-7-16-31)30-21-19-29(20-22-30)14-10-13-28-11-4-2-5-12-28/h2-13,15,17-22,25-27,31,41H,14,16,23-24H2,1H3/b13-10+. The molecule has 0 aliphatic heterocycles. The van der Waals surface area contributed by atoms with Crippen LogP contribution in [0.2, 0.25) is 0 Å². The van der Waals surface area contributed by atoms with Crippen LogP contribution in [0.15, 0.2) is 121 Å². The molecule has 0 heterocycles. The van der Waals surface area contributed by atoms with Crippen LogP contribution in [-0.4, -0.2) is 7.05 Å². The van der Waals surface area contributed by atoms with Crippen LogP contribution < -0.4 is 5.32 Å². The molecule has 1 N–H and O–H groups in total. The Labute approximate surface area is 243 Å². The fourth-order valence-corrected chi connectivity index (χ4v) is 6.60. The molecule has 41 heavy (non-hydrogen) atoms. The molecule has 1 nitrogen and oxygen atoms in total. The molecule has 1 unspecified atom stereocenters. The molecule has 200 valence electrons. The Bertz CT molecular complexity index is 1850. The van der Waals surface area contributed by atoms with Gasteiger partial charge in [0.1, 0.15) is 0 Å². The highest BCUT2D eigenvalue weighted by Gasteiger charge is 2.21. The molecule has 1 atom stereocenters. The molecule has 5 aromatic rings. The van der Waals surface area contributed by atoms with Crippen molar-refractivity contribution in [2.45, 2.75) is 31.6 Å². The SMILES string of the molecule is CNc1cc2c(cc1C1C=CC=CC1)c1c(c3ccccc32)C=C(c2ccc(C/C=C/c3ccccc3)cc2)CC1. The van der Waals surface area contributed by atoms with Crippen LogP contribution in [0.4, 0.5) is 5.69 Å². The van der Waals surface area contributed by atoms with Crippen molar-refractivity contribution in [3.8, 4) is 0 Å². The second-order valence-corrected chi connectivity index (χ2v) is 11.2. The van der Waals surface area contributed by atoms with Gasteiger partial charge in [-0.15, -0.1) is 0 Å². The lowest BCUT2D eigenvalue weighted by Gasteiger charge is -2.24. The molecule has 0 fully saturated rings. The average molecular weight is 530 g/mol. The van der Waals surface area contributed by atoms with E-state index in [4.69, 9.17) is 0 Å². The number of rotatable bonds is 6. The van der Waals surface area contributed by atoms with Gasteiger partial charge in [-0.1, -0.05) is 121 Å². The lowest BCUT2D eigenvalue weighted by Crippen LogP contribution is -2.05. The highest BCUT2D eigenvalue weighted by atomic mass is 14.8. The fourth-order valence-electron chi connectivity index (χ4n) is 6.60. The fraction of sp³-hybridized carbons (Fsp3) is 0.150. The van der Waals surface area contributed by atoms with E-state index in [0.29, 0.717) is 5.92 Å². The summed E-state index contributed by atoms with van der Waals surface area (Å²) in [4.78, 5) is 0. The molecule has 0 spiro atoms. The maximum Gasteiger partial charge on any atom is 0.0382 e. The average Bonchev–Trinajstić information content (AvgIpc) is 3.05. The van der Waals surface area contributed by atoms with E-state index < -0.39 is 0 Å². The first-order chi connectivity index (χ1) is 20.3. The van der Waals surface area contributed by atoms with E-state index in [2.05, 4.69) is 139 Å². The lowest BCUT2D eigenvalue weighted by atomic mass is 9.80. The third-order valence-electron chi connectivity index (χ3n) is 8.75. The number of fused-ring (bicyclic) bond motifs is 6. The van der Waals surface area contributed by atoms with Crippen molar-refractivity contribution in [1.29, 1.82) is 0 Å². The van der Waals surface area contributed by atoms with Crippen LogP contribution in [0.5, 0.6) is 0 Å². The molecule has 7 rings (SSSR count). The highest BCUT2D eigenvalue weighted by molar-refractivity contribution is 6.15. The van der Waals surface area contributed by atoms with Gasteiger partial charge in [-0.2, -0.15) is 0 Å². The van der Waals surface area contributed by atoms with Gasteiger partial charge in [0.05, 0.1) is 0 Å². The van der Waals surface area contributed by atoms with E-state index in [1.807, 2.05) is 7.05 Å². The van der Waals surface area contributed by atoms with Gasteiger partial charge in [0, 0.05) is 18.7 Å². The Balaban J connectivity index is 1.27. The predicted molar refractivity (Wildman–Crippen MR) is 178 cm³/mol. The minimum Gasteiger partial charge on any atom is -0.388 e. The van der Waals surface area contributed by atoms with Crippen molar-refractivity contribution in [3.63, 3.8) is 0 Å². The number of hydrogen-bond donors (Lipinski definition) is 1. The number of hydrogen-bond acceptors (Lipinski definition) is 1. The molecule has 2 aliphatic rings. The third-order valence-corrected chi connectivity index (χ3v) is 8.75. The van der Waals surface area contributed by atoms with Gasteiger partial charge < -0.3 is 5.32 Å². The molecule has 0 saturated heterocycles. The Hall–Kier alpha value is -4.62. The second-order valence-electron chi connectivity index (χ2n) is 11.2. The Morgan fingerprint density at radius 3 is 2.37 bits per heavy atom. The van der Waals surface area contributed by atoms with Crippen molar-refractivity contribution in [2.75, 3.05) is 12.4 Å². The summed E-state index contributed by atoms with van der Waals surface area (Å²) in [6, 6.07) is 33.5. The highest BCUT2D eigenvalue weighted by Crippen LogP contribution is 2.43. The zero-order chi connectivity index (χ0) is 27.6. The summed E-state index contributed by atoms with van der Waals surface area (Å²) in [5.41, 5.74) is 10.9. The van der Waals surface area contributed by atoms with Crippen molar-refractivity contribution < 1.29 is 0 Å². The second kappa shape index (κ2) is 11.1. The molecular weight excluding hydrogens is 494 g/mol. The molecule has 2 aliphatic carbocycles. The minimum absolute atomic E-state index is 0.407.